The van der Waals surface area contributed by atoms with Gasteiger partial charge < -0.3 is 15.0 Å². The molecule has 1 aromatic rings. The first-order chi connectivity index (χ1) is 7.15. The lowest BCUT2D eigenvalue weighted by Gasteiger charge is -2.05. The third kappa shape index (κ3) is 2.45. The maximum atomic E-state index is 10.8. The Labute approximate surface area is 92.1 Å². The van der Waals surface area contributed by atoms with Crippen LogP contribution in [-0.4, -0.2) is 36.6 Å². The van der Waals surface area contributed by atoms with Gasteiger partial charge in [-0.15, -0.1) is 11.3 Å². The van der Waals surface area contributed by atoms with Crippen LogP contribution in [0.1, 0.15) is 16.0 Å². The number of nitrogens with zero attached hydrogens (tertiary/aromatic N) is 2. The summed E-state index contributed by atoms with van der Waals surface area (Å²) in [4.78, 5) is 18.4. The maximum absolute atomic E-state index is 10.8. The number of rotatable bonds is 3. The van der Waals surface area contributed by atoms with E-state index in [0.29, 0.717) is 6.54 Å². The second-order valence-electron chi connectivity index (χ2n) is 3.68. The summed E-state index contributed by atoms with van der Waals surface area (Å²) < 4.78 is 5.05. The second kappa shape index (κ2) is 4.16. The molecule has 2 heterocycles. The average Bonchev–Trinajstić information content (AvgIpc) is 2.72. The molecule has 0 spiro atoms. The van der Waals surface area contributed by atoms with Crippen LogP contribution in [0.5, 0.6) is 0 Å². The first-order valence-corrected chi connectivity index (χ1v) is 5.50. The van der Waals surface area contributed by atoms with Gasteiger partial charge in [-0.05, 0) is 14.1 Å². The number of thiazole rings is 1. The highest BCUT2D eigenvalue weighted by atomic mass is 32.1. The third-order valence-electron chi connectivity index (χ3n) is 2.00. The van der Waals surface area contributed by atoms with E-state index in [2.05, 4.69) is 15.2 Å². The van der Waals surface area contributed by atoms with Crippen molar-refractivity contribution in [1.29, 1.82) is 0 Å². The maximum Gasteiger partial charge on any atom is 0.408 e. The summed E-state index contributed by atoms with van der Waals surface area (Å²) in [6.45, 7) is 1.39. The van der Waals surface area contributed by atoms with Gasteiger partial charge in [0, 0.05) is 17.6 Å². The number of hydrogen-bond donors (Lipinski definition) is 1. The Kier molecular flexibility index (Phi) is 2.88. The van der Waals surface area contributed by atoms with E-state index in [0.717, 1.165) is 11.6 Å². The highest BCUT2D eigenvalue weighted by Crippen LogP contribution is 2.25. The van der Waals surface area contributed by atoms with Crippen LogP contribution >= 0.6 is 11.3 Å². The molecule has 1 N–H and O–H groups in total. The molecular formula is C9H13N3O2S. The fraction of sp³-hybridized carbons (Fsp3) is 0.556. The zero-order chi connectivity index (χ0) is 10.8. The number of carbonyl (C=O) groups excluding carboxylic acids is 1. The minimum Gasteiger partial charge on any atom is -0.437 e. The summed E-state index contributed by atoms with van der Waals surface area (Å²) in [6, 6.07) is 0. The van der Waals surface area contributed by atoms with Crippen molar-refractivity contribution < 1.29 is 9.53 Å². The van der Waals surface area contributed by atoms with E-state index in [-0.39, 0.29) is 12.2 Å². The molecule has 1 atom stereocenters. The Bertz CT molecular complexity index is 364. The van der Waals surface area contributed by atoms with Crippen LogP contribution < -0.4 is 5.32 Å². The van der Waals surface area contributed by atoms with Gasteiger partial charge in [0.1, 0.15) is 5.01 Å². The number of cyclic esters (lactones) is 1. The Morgan fingerprint density at radius 2 is 2.53 bits per heavy atom. The van der Waals surface area contributed by atoms with Gasteiger partial charge in [0.05, 0.1) is 6.54 Å². The number of carbonyl (C=O) groups is 1. The summed E-state index contributed by atoms with van der Waals surface area (Å²) in [7, 11) is 4.02. The molecule has 0 saturated carbocycles. The van der Waals surface area contributed by atoms with Crippen LogP contribution in [0.3, 0.4) is 0 Å². The first kappa shape index (κ1) is 10.4. The van der Waals surface area contributed by atoms with Crippen molar-refractivity contribution in [3.8, 4) is 0 Å². The number of hydrogen-bond acceptors (Lipinski definition) is 5. The molecule has 1 amide bonds. The van der Waals surface area contributed by atoms with E-state index in [1.54, 1.807) is 11.3 Å². The fourth-order valence-corrected chi connectivity index (χ4v) is 2.45. The molecule has 0 aliphatic carbocycles. The van der Waals surface area contributed by atoms with Crippen molar-refractivity contribution in [3.63, 3.8) is 0 Å². The molecule has 1 aliphatic heterocycles. The molecule has 1 aliphatic rings. The minimum absolute atomic E-state index is 0.210. The molecule has 0 bridgehead atoms. The number of alkyl carbamates (subject to hydrolysis) is 1. The predicted molar refractivity (Wildman–Crippen MR) is 56.7 cm³/mol. The van der Waals surface area contributed by atoms with Gasteiger partial charge in [0.2, 0.25) is 0 Å². The van der Waals surface area contributed by atoms with E-state index < -0.39 is 0 Å². The first-order valence-electron chi connectivity index (χ1n) is 4.69. The van der Waals surface area contributed by atoms with Crippen LogP contribution in [0.15, 0.2) is 6.20 Å². The number of amides is 1. The van der Waals surface area contributed by atoms with Gasteiger partial charge in [0.25, 0.3) is 0 Å². The van der Waals surface area contributed by atoms with Crippen molar-refractivity contribution in [2.24, 2.45) is 0 Å². The van der Waals surface area contributed by atoms with Crippen molar-refractivity contribution in [3.05, 3.63) is 16.1 Å². The Balaban J connectivity index is 2.03. The number of aromatic nitrogens is 1. The standard InChI is InChI=1S/C9H13N3O2S/c1-12(2)5-6-3-10-8(15-6)7-4-11-9(13)14-7/h3,7H,4-5H2,1-2H3,(H,11,13). The third-order valence-corrected chi connectivity index (χ3v) is 3.07. The van der Waals surface area contributed by atoms with E-state index in [1.807, 2.05) is 20.3 Å². The summed E-state index contributed by atoms with van der Waals surface area (Å²) in [5, 5.41) is 3.48. The molecular weight excluding hydrogens is 214 g/mol. The number of nitrogens with one attached hydrogen (secondary N) is 1. The molecule has 15 heavy (non-hydrogen) atoms. The van der Waals surface area contributed by atoms with E-state index in [4.69, 9.17) is 4.74 Å². The normalized spacial score (nSPS) is 20.5. The summed E-state index contributed by atoms with van der Waals surface area (Å²) >= 11 is 1.59. The quantitative estimate of drug-likeness (QED) is 0.836. The highest BCUT2D eigenvalue weighted by Gasteiger charge is 2.26. The summed E-state index contributed by atoms with van der Waals surface area (Å²) in [5.41, 5.74) is 0. The molecule has 1 saturated heterocycles. The Morgan fingerprint density at radius 3 is 3.13 bits per heavy atom. The minimum atomic E-state index is -0.357. The topological polar surface area (TPSA) is 54.5 Å². The monoisotopic (exact) mass is 227 g/mol. The van der Waals surface area contributed by atoms with Gasteiger partial charge >= 0.3 is 6.09 Å². The van der Waals surface area contributed by atoms with Gasteiger partial charge in [-0.25, -0.2) is 9.78 Å². The Morgan fingerprint density at radius 1 is 1.73 bits per heavy atom. The summed E-state index contributed by atoms with van der Waals surface area (Å²) in [6.07, 6.45) is 1.27. The molecule has 6 heteroatoms. The van der Waals surface area contributed by atoms with Gasteiger partial charge in [-0.3, -0.25) is 0 Å². The van der Waals surface area contributed by atoms with Crippen molar-refractivity contribution >= 4 is 17.4 Å². The lowest BCUT2D eigenvalue weighted by molar-refractivity contribution is 0.141. The molecule has 2 rings (SSSR count). The SMILES string of the molecule is CN(C)Cc1cnc(C2CNC(=O)O2)s1. The molecule has 1 unspecified atom stereocenters. The van der Waals surface area contributed by atoms with Crippen LogP contribution in [0.4, 0.5) is 4.79 Å². The van der Waals surface area contributed by atoms with Crippen LogP contribution in [0, 0.1) is 0 Å². The van der Waals surface area contributed by atoms with Crippen LogP contribution in [-0.2, 0) is 11.3 Å². The molecule has 1 fully saturated rings. The zero-order valence-corrected chi connectivity index (χ0v) is 9.50. The largest absolute Gasteiger partial charge is 0.437 e. The Hall–Kier alpha value is -1.14. The van der Waals surface area contributed by atoms with E-state index in [1.165, 1.54) is 4.88 Å². The molecule has 82 valence electrons. The molecule has 0 radical (unpaired) electrons. The number of ether oxygens (including phenoxy) is 1. The smallest absolute Gasteiger partial charge is 0.408 e. The predicted octanol–water partition coefficient (Wildman–Crippen LogP) is 0.986. The summed E-state index contributed by atoms with van der Waals surface area (Å²) in [5.74, 6) is 0. The fourth-order valence-electron chi connectivity index (χ4n) is 1.38. The highest BCUT2D eigenvalue weighted by molar-refractivity contribution is 7.11. The van der Waals surface area contributed by atoms with Crippen molar-refractivity contribution in [1.82, 2.24) is 15.2 Å². The molecule has 1 aromatic heterocycles. The second-order valence-corrected chi connectivity index (χ2v) is 4.82. The van der Waals surface area contributed by atoms with Gasteiger partial charge in [-0.2, -0.15) is 0 Å². The lowest BCUT2D eigenvalue weighted by Crippen LogP contribution is -2.12. The van der Waals surface area contributed by atoms with E-state index in [9.17, 15) is 4.79 Å². The molecule has 0 aromatic carbocycles. The van der Waals surface area contributed by atoms with Gasteiger partial charge in [-0.1, -0.05) is 0 Å². The van der Waals surface area contributed by atoms with Crippen LogP contribution in [0.2, 0.25) is 0 Å². The zero-order valence-electron chi connectivity index (χ0n) is 8.69. The van der Waals surface area contributed by atoms with Gasteiger partial charge in [0.15, 0.2) is 6.10 Å². The average molecular weight is 227 g/mol. The lowest BCUT2D eigenvalue weighted by atomic mass is 10.4. The molecule has 5 nitrogen and oxygen atoms in total. The van der Waals surface area contributed by atoms with Crippen molar-refractivity contribution in [2.45, 2.75) is 12.6 Å². The van der Waals surface area contributed by atoms with E-state index >= 15 is 0 Å². The van der Waals surface area contributed by atoms with Crippen LogP contribution in [0.25, 0.3) is 0 Å². The van der Waals surface area contributed by atoms with Crippen molar-refractivity contribution in [2.75, 3.05) is 20.6 Å².